The van der Waals surface area contributed by atoms with Crippen LogP contribution in [0.5, 0.6) is 0 Å². The number of amides is 1. The number of rotatable bonds is 3. The Balaban J connectivity index is 1.98. The molecule has 1 aliphatic heterocycles. The summed E-state index contributed by atoms with van der Waals surface area (Å²) in [6.07, 6.45) is 9.70. The number of quaternary nitrogens is 1. The second kappa shape index (κ2) is 5.95. The first-order chi connectivity index (χ1) is 8.65. The predicted molar refractivity (Wildman–Crippen MR) is 73.2 cm³/mol. The Bertz CT molecular complexity index is 328. The summed E-state index contributed by atoms with van der Waals surface area (Å²) in [6.45, 7) is 3.65. The highest BCUT2D eigenvalue weighted by atomic mass is 32.2. The van der Waals surface area contributed by atoms with Crippen LogP contribution < -0.4 is 21.5 Å². The number of carbonyl (C=O) groups is 1. The van der Waals surface area contributed by atoms with E-state index in [9.17, 15) is 4.79 Å². The summed E-state index contributed by atoms with van der Waals surface area (Å²) in [5, 5.41) is 4.74. The number of hydrogen-bond donors (Lipinski definition) is 4. The molecular formula is C12H23N4OS+. The van der Waals surface area contributed by atoms with E-state index in [4.69, 9.17) is 0 Å². The zero-order valence-electron chi connectivity index (χ0n) is 10.9. The standard InChI is InChI=1S/C12H22N4OS/c1-9-11(17)14-12(18-2,16-15-9)13-10-7-5-3-4-6-8-10/h10,13,15-16H,1,3-8H2,2H3,(H,14,17)/p+1. The zero-order chi connectivity index (χ0) is 13.0. The van der Waals surface area contributed by atoms with E-state index in [0.29, 0.717) is 11.7 Å². The van der Waals surface area contributed by atoms with Crippen LogP contribution in [0.25, 0.3) is 0 Å². The van der Waals surface area contributed by atoms with Gasteiger partial charge in [-0.25, -0.2) is 0 Å². The van der Waals surface area contributed by atoms with Crippen molar-refractivity contribution in [1.82, 2.24) is 16.2 Å². The molecule has 2 aliphatic rings. The third-order valence-corrected chi connectivity index (χ3v) is 4.65. The molecule has 2 fully saturated rings. The van der Waals surface area contributed by atoms with Gasteiger partial charge < -0.3 is 5.43 Å². The molecule has 1 aliphatic carbocycles. The minimum absolute atomic E-state index is 0.132. The van der Waals surface area contributed by atoms with Crippen molar-refractivity contribution >= 4 is 17.7 Å². The molecule has 0 spiro atoms. The van der Waals surface area contributed by atoms with Crippen molar-refractivity contribution in [2.45, 2.75) is 49.7 Å². The first kappa shape index (κ1) is 13.7. The third-order valence-electron chi connectivity index (χ3n) is 3.66. The van der Waals surface area contributed by atoms with Gasteiger partial charge in [-0.1, -0.05) is 31.2 Å². The molecule has 0 aromatic carbocycles. The maximum absolute atomic E-state index is 11.7. The van der Waals surface area contributed by atoms with E-state index >= 15 is 0 Å². The SMILES string of the molecule is C=C1NNC([NH2+]C2CCCCCC2)(SC)NC1=O. The molecule has 0 radical (unpaired) electrons. The van der Waals surface area contributed by atoms with Crippen LogP contribution >= 0.6 is 11.8 Å². The second-order valence-electron chi connectivity index (χ2n) is 5.04. The highest BCUT2D eigenvalue weighted by molar-refractivity contribution is 7.99. The van der Waals surface area contributed by atoms with Gasteiger partial charge in [0.05, 0.1) is 6.04 Å². The van der Waals surface area contributed by atoms with Crippen molar-refractivity contribution in [2.75, 3.05) is 6.26 Å². The molecule has 1 heterocycles. The van der Waals surface area contributed by atoms with Gasteiger partial charge in [-0.3, -0.25) is 15.4 Å². The lowest BCUT2D eigenvalue weighted by atomic mass is 10.1. The summed E-state index contributed by atoms with van der Waals surface area (Å²) in [6, 6.07) is 0.570. The number of carbonyl (C=O) groups excluding carboxylic acids is 1. The summed E-state index contributed by atoms with van der Waals surface area (Å²) in [7, 11) is 0. The number of hydrogen-bond acceptors (Lipinski definition) is 4. The molecule has 5 N–H and O–H groups in total. The number of nitrogens with two attached hydrogens (primary N) is 1. The normalized spacial score (nSPS) is 30.5. The highest BCUT2D eigenvalue weighted by Crippen LogP contribution is 2.17. The Kier molecular flexibility index (Phi) is 4.53. The fourth-order valence-electron chi connectivity index (χ4n) is 2.56. The van der Waals surface area contributed by atoms with Crippen LogP contribution in [-0.2, 0) is 4.79 Å². The highest BCUT2D eigenvalue weighted by Gasteiger charge is 2.41. The van der Waals surface area contributed by atoms with E-state index < -0.39 is 5.12 Å². The summed E-state index contributed by atoms with van der Waals surface area (Å²) >= 11 is 1.60. The van der Waals surface area contributed by atoms with Crippen LogP contribution in [-0.4, -0.2) is 23.3 Å². The first-order valence-corrected chi connectivity index (χ1v) is 7.83. The molecule has 6 heteroatoms. The van der Waals surface area contributed by atoms with Crippen LogP contribution in [0.1, 0.15) is 38.5 Å². The lowest BCUT2D eigenvalue weighted by Gasteiger charge is -2.37. The average Bonchev–Trinajstić information content (AvgIpc) is 2.63. The maximum Gasteiger partial charge on any atom is 0.297 e. The second-order valence-corrected chi connectivity index (χ2v) is 6.09. The molecular weight excluding hydrogens is 248 g/mol. The van der Waals surface area contributed by atoms with Crippen molar-refractivity contribution in [3.05, 3.63) is 12.3 Å². The van der Waals surface area contributed by atoms with E-state index in [0.717, 1.165) is 0 Å². The Morgan fingerprint density at radius 3 is 2.56 bits per heavy atom. The van der Waals surface area contributed by atoms with Gasteiger partial charge in [0.25, 0.3) is 11.0 Å². The van der Waals surface area contributed by atoms with Gasteiger partial charge in [-0.15, -0.1) is 0 Å². The summed E-state index contributed by atoms with van der Waals surface area (Å²) in [4.78, 5) is 11.7. The zero-order valence-corrected chi connectivity index (χ0v) is 11.7. The number of hydrazine groups is 1. The summed E-state index contributed by atoms with van der Waals surface area (Å²) < 4.78 is 0. The Hall–Kier alpha value is -0.720. The smallest absolute Gasteiger partial charge is 0.297 e. The van der Waals surface area contributed by atoms with E-state index in [-0.39, 0.29) is 5.91 Å². The van der Waals surface area contributed by atoms with Gasteiger partial charge in [0, 0.05) is 0 Å². The Morgan fingerprint density at radius 2 is 2.00 bits per heavy atom. The molecule has 1 unspecified atom stereocenters. The summed E-state index contributed by atoms with van der Waals surface area (Å²) in [5.74, 6) is -0.132. The van der Waals surface area contributed by atoms with E-state index in [2.05, 4.69) is 28.1 Å². The van der Waals surface area contributed by atoms with Crippen LogP contribution in [0.4, 0.5) is 0 Å². The van der Waals surface area contributed by atoms with Crippen molar-refractivity contribution in [3.8, 4) is 0 Å². The van der Waals surface area contributed by atoms with Gasteiger partial charge >= 0.3 is 0 Å². The van der Waals surface area contributed by atoms with Crippen LogP contribution in [0.15, 0.2) is 12.3 Å². The largest absolute Gasteiger partial charge is 0.310 e. The first-order valence-electron chi connectivity index (χ1n) is 6.61. The molecule has 1 atom stereocenters. The van der Waals surface area contributed by atoms with Gasteiger partial charge in [0.2, 0.25) is 0 Å². The van der Waals surface area contributed by atoms with Crippen LogP contribution in [0.3, 0.4) is 0 Å². The summed E-state index contributed by atoms with van der Waals surface area (Å²) in [5.41, 5.74) is 6.40. The molecule has 0 aromatic rings. The van der Waals surface area contributed by atoms with E-state index in [1.54, 1.807) is 11.8 Å². The number of thioether (sulfide) groups is 1. The molecule has 5 nitrogen and oxygen atoms in total. The fourth-order valence-corrected chi connectivity index (χ4v) is 3.24. The third kappa shape index (κ3) is 3.18. The van der Waals surface area contributed by atoms with Crippen LogP contribution in [0.2, 0.25) is 0 Å². The van der Waals surface area contributed by atoms with E-state index in [1.165, 1.54) is 38.5 Å². The lowest BCUT2D eigenvalue weighted by Crippen LogP contribution is -3.08. The Labute approximate surface area is 113 Å². The van der Waals surface area contributed by atoms with Gasteiger partial charge in [0.15, 0.2) is 0 Å². The number of nitrogens with one attached hydrogen (secondary N) is 3. The molecule has 1 saturated heterocycles. The van der Waals surface area contributed by atoms with Crippen molar-refractivity contribution in [1.29, 1.82) is 0 Å². The topological polar surface area (TPSA) is 69.8 Å². The molecule has 0 aromatic heterocycles. The molecule has 102 valence electrons. The monoisotopic (exact) mass is 271 g/mol. The molecule has 0 bridgehead atoms. The quantitative estimate of drug-likeness (QED) is 0.331. The minimum atomic E-state index is -0.507. The lowest BCUT2D eigenvalue weighted by molar-refractivity contribution is -0.744. The van der Waals surface area contributed by atoms with E-state index in [1.807, 2.05) is 6.26 Å². The molecule has 2 rings (SSSR count). The van der Waals surface area contributed by atoms with Crippen molar-refractivity contribution in [3.63, 3.8) is 0 Å². The molecule has 18 heavy (non-hydrogen) atoms. The Morgan fingerprint density at radius 1 is 1.33 bits per heavy atom. The van der Waals surface area contributed by atoms with Crippen LogP contribution in [0, 0.1) is 0 Å². The fraction of sp³-hybridized carbons (Fsp3) is 0.750. The molecule has 1 amide bonds. The van der Waals surface area contributed by atoms with Gasteiger partial charge in [-0.05, 0) is 31.9 Å². The van der Waals surface area contributed by atoms with Gasteiger partial charge in [-0.2, -0.15) is 5.43 Å². The average molecular weight is 271 g/mol. The van der Waals surface area contributed by atoms with Crippen molar-refractivity contribution < 1.29 is 10.1 Å². The van der Waals surface area contributed by atoms with Crippen molar-refractivity contribution in [2.24, 2.45) is 0 Å². The maximum atomic E-state index is 11.7. The minimum Gasteiger partial charge on any atom is -0.310 e. The molecule has 1 saturated carbocycles. The predicted octanol–water partition coefficient (Wildman–Crippen LogP) is -0.0154. The van der Waals surface area contributed by atoms with Gasteiger partial charge in [0.1, 0.15) is 5.70 Å².